The number of aliphatic hydroxyl groups excluding tert-OH is 1. The SMILES string of the molecule is Cc1ccc(C23CC4CCC2CCC(C(=O)N2CCN(CCO)CC2)(C4)C3)cc1. The highest BCUT2D eigenvalue weighted by Crippen LogP contribution is 2.65. The van der Waals surface area contributed by atoms with E-state index in [1.54, 1.807) is 0 Å². The van der Waals surface area contributed by atoms with Crippen molar-refractivity contribution in [2.24, 2.45) is 17.3 Å². The van der Waals surface area contributed by atoms with E-state index in [0.717, 1.165) is 57.9 Å². The van der Waals surface area contributed by atoms with E-state index in [1.807, 2.05) is 0 Å². The van der Waals surface area contributed by atoms with Crippen molar-refractivity contribution in [3.05, 3.63) is 35.4 Å². The Morgan fingerprint density at radius 1 is 1.07 bits per heavy atom. The number of hydrogen-bond donors (Lipinski definition) is 1. The minimum Gasteiger partial charge on any atom is -0.395 e. The van der Waals surface area contributed by atoms with E-state index in [2.05, 4.69) is 41.0 Å². The molecule has 4 aliphatic rings. The number of aliphatic hydroxyl groups is 1. The quantitative estimate of drug-likeness (QED) is 0.849. The number of piperazine rings is 1. The number of carbonyl (C=O) groups is 1. The van der Waals surface area contributed by atoms with E-state index in [1.165, 1.54) is 36.8 Å². The molecular formula is C25H36N2O2. The van der Waals surface area contributed by atoms with Crippen LogP contribution < -0.4 is 0 Å². The molecule has 3 bridgehead atoms. The van der Waals surface area contributed by atoms with Crippen LogP contribution in [0.2, 0.25) is 0 Å². The number of β-amino-alcohol motifs (C(OH)–C–C–N with tert-alkyl or cyclic N) is 1. The first-order valence-electron chi connectivity index (χ1n) is 11.7. The summed E-state index contributed by atoms with van der Waals surface area (Å²) in [6, 6.07) is 9.27. The molecule has 5 rings (SSSR count). The molecule has 0 radical (unpaired) electrons. The molecule has 0 spiro atoms. The maximum atomic E-state index is 13.9. The molecule has 4 heteroatoms. The third-order valence-electron chi connectivity index (χ3n) is 8.82. The summed E-state index contributed by atoms with van der Waals surface area (Å²) in [5.74, 6) is 1.91. The van der Waals surface area contributed by atoms with Crippen molar-refractivity contribution in [3.63, 3.8) is 0 Å². The van der Waals surface area contributed by atoms with Gasteiger partial charge in [0.1, 0.15) is 0 Å². The van der Waals surface area contributed by atoms with Crippen LogP contribution >= 0.6 is 0 Å². The molecule has 4 atom stereocenters. The fourth-order valence-corrected chi connectivity index (χ4v) is 7.44. The molecule has 29 heavy (non-hydrogen) atoms. The van der Waals surface area contributed by atoms with Crippen molar-refractivity contribution in [3.8, 4) is 0 Å². The van der Waals surface area contributed by atoms with Crippen molar-refractivity contribution >= 4 is 5.91 Å². The second kappa shape index (κ2) is 7.39. The zero-order valence-electron chi connectivity index (χ0n) is 17.9. The zero-order valence-corrected chi connectivity index (χ0v) is 17.9. The number of carbonyl (C=O) groups excluding carboxylic acids is 1. The molecule has 1 aromatic carbocycles. The van der Waals surface area contributed by atoms with Gasteiger partial charge in [-0.05, 0) is 68.3 Å². The average molecular weight is 397 g/mol. The number of amides is 1. The van der Waals surface area contributed by atoms with Crippen LogP contribution in [0, 0.1) is 24.2 Å². The summed E-state index contributed by atoms with van der Waals surface area (Å²) in [6.07, 6.45) is 8.46. The number of nitrogens with zero attached hydrogens (tertiary/aromatic N) is 2. The van der Waals surface area contributed by atoms with E-state index in [9.17, 15) is 9.90 Å². The van der Waals surface area contributed by atoms with Crippen molar-refractivity contribution in [1.29, 1.82) is 0 Å². The van der Waals surface area contributed by atoms with Gasteiger partial charge in [-0.2, -0.15) is 0 Å². The third-order valence-corrected chi connectivity index (χ3v) is 8.82. The van der Waals surface area contributed by atoms with Gasteiger partial charge < -0.3 is 10.0 Å². The topological polar surface area (TPSA) is 43.8 Å². The molecule has 3 aliphatic carbocycles. The molecule has 1 heterocycles. The van der Waals surface area contributed by atoms with E-state index in [-0.39, 0.29) is 17.4 Å². The van der Waals surface area contributed by atoms with Crippen LogP contribution in [0.5, 0.6) is 0 Å². The molecular weight excluding hydrogens is 360 g/mol. The van der Waals surface area contributed by atoms with E-state index < -0.39 is 0 Å². The summed E-state index contributed by atoms with van der Waals surface area (Å²) in [5.41, 5.74) is 2.91. The van der Waals surface area contributed by atoms with Crippen LogP contribution in [0.4, 0.5) is 0 Å². The Bertz CT molecular complexity index is 755. The van der Waals surface area contributed by atoms with E-state index in [4.69, 9.17) is 0 Å². The number of rotatable bonds is 4. The second-order valence-corrected chi connectivity index (χ2v) is 10.4. The van der Waals surface area contributed by atoms with Gasteiger partial charge >= 0.3 is 0 Å². The van der Waals surface area contributed by atoms with Crippen molar-refractivity contribution < 1.29 is 9.90 Å². The van der Waals surface area contributed by atoms with Crippen LogP contribution in [0.25, 0.3) is 0 Å². The minimum atomic E-state index is -0.135. The van der Waals surface area contributed by atoms with Crippen molar-refractivity contribution in [1.82, 2.24) is 9.80 Å². The number of hydrogen-bond acceptors (Lipinski definition) is 3. The summed E-state index contributed by atoms with van der Waals surface area (Å²) >= 11 is 0. The molecule has 4 unspecified atom stereocenters. The summed E-state index contributed by atoms with van der Waals surface area (Å²) in [6.45, 7) is 6.56. The lowest BCUT2D eigenvalue weighted by Gasteiger charge is -2.62. The molecule has 1 aromatic rings. The maximum Gasteiger partial charge on any atom is 0.228 e. The first kappa shape index (κ1) is 19.6. The maximum absolute atomic E-state index is 13.9. The molecule has 4 fully saturated rings. The molecule has 1 aliphatic heterocycles. The van der Waals surface area contributed by atoms with Crippen LogP contribution in [-0.2, 0) is 10.2 Å². The Morgan fingerprint density at radius 2 is 1.83 bits per heavy atom. The Hall–Kier alpha value is -1.39. The highest BCUT2D eigenvalue weighted by molar-refractivity contribution is 5.83. The fraction of sp³-hybridized carbons (Fsp3) is 0.720. The Labute approximate surface area is 175 Å². The number of benzene rings is 1. The van der Waals surface area contributed by atoms with Crippen molar-refractivity contribution in [2.75, 3.05) is 39.3 Å². The van der Waals surface area contributed by atoms with E-state index >= 15 is 0 Å². The molecule has 1 saturated heterocycles. The Kier molecular flexibility index (Phi) is 4.98. The smallest absolute Gasteiger partial charge is 0.228 e. The first-order valence-corrected chi connectivity index (χ1v) is 11.7. The van der Waals surface area contributed by atoms with Gasteiger partial charge in [-0.1, -0.05) is 36.2 Å². The van der Waals surface area contributed by atoms with Crippen LogP contribution in [-0.4, -0.2) is 60.1 Å². The number of fused-ring (bicyclic) bond motifs is 2. The van der Waals surface area contributed by atoms with Gasteiger partial charge in [-0.15, -0.1) is 0 Å². The van der Waals surface area contributed by atoms with E-state index in [0.29, 0.717) is 11.8 Å². The van der Waals surface area contributed by atoms with Crippen LogP contribution in [0.1, 0.15) is 56.1 Å². The highest BCUT2D eigenvalue weighted by Gasteiger charge is 2.61. The standard InChI is InChI=1S/C25H36N2O2/c1-19-2-5-21(6-3-19)25-17-20-4-7-22(25)8-9-24(16-20,18-25)23(29)27-12-10-26(11-13-27)14-15-28/h2-3,5-6,20,22,28H,4,7-18H2,1H3. The highest BCUT2D eigenvalue weighted by atomic mass is 16.3. The lowest BCUT2D eigenvalue weighted by molar-refractivity contribution is -0.158. The first-order chi connectivity index (χ1) is 14.0. The van der Waals surface area contributed by atoms with Gasteiger partial charge in [0.05, 0.1) is 12.0 Å². The molecule has 4 nitrogen and oxygen atoms in total. The van der Waals surface area contributed by atoms with Crippen LogP contribution in [0.15, 0.2) is 24.3 Å². The van der Waals surface area contributed by atoms with Crippen molar-refractivity contribution in [2.45, 2.75) is 57.3 Å². The van der Waals surface area contributed by atoms with Gasteiger partial charge in [0, 0.05) is 32.7 Å². The monoisotopic (exact) mass is 396 g/mol. The zero-order chi connectivity index (χ0) is 20.1. The predicted octanol–water partition coefficient (Wildman–Crippen LogP) is 3.36. The normalized spacial score (nSPS) is 37.0. The molecule has 1 amide bonds. The van der Waals surface area contributed by atoms with Gasteiger partial charge in [0.15, 0.2) is 0 Å². The molecule has 158 valence electrons. The second-order valence-electron chi connectivity index (χ2n) is 10.4. The van der Waals surface area contributed by atoms with Gasteiger partial charge in [0.2, 0.25) is 5.91 Å². The predicted molar refractivity (Wildman–Crippen MR) is 115 cm³/mol. The lowest BCUT2D eigenvalue weighted by Crippen LogP contribution is -2.61. The van der Waals surface area contributed by atoms with Gasteiger partial charge in [0.25, 0.3) is 0 Å². The van der Waals surface area contributed by atoms with Crippen LogP contribution in [0.3, 0.4) is 0 Å². The molecule has 1 N–H and O–H groups in total. The number of aryl methyl sites for hydroxylation is 1. The molecule has 0 aromatic heterocycles. The third kappa shape index (κ3) is 3.23. The Balaban J connectivity index is 1.42. The minimum absolute atomic E-state index is 0.135. The summed E-state index contributed by atoms with van der Waals surface area (Å²) < 4.78 is 0. The summed E-state index contributed by atoms with van der Waals surface area (Å²) in [5, 5.41) is 9.21. The van der Waals surface area contributed by atoms with Gasteiger partial charge in [-0.25, -0.2) is 0 Å². The molecule has 3 saturated carbocycles. The lowest BCUT2D eigenvalue weighted by atomic mass is 9.43. The fourth-order valence-electron chi connectivity index (χ4n) is 7.44. The largest absolute Gasteiger partial charge is 0.395 e. The summed E-state index contributed by atoms with van der Waals surface area (Å²) in [7, 11) is 0. The average Bonchev–Trinajstić information content (AvgIpc) is 2.73. The van der Waals surface area contributed by atoms with Gasteiger partial charge in [-0.3, -0.25) is 9.69 Å². The summed E-state index contributed by atoms with van der Waals surface area (Å²) in [4.78, 5) is 18.4. The Morgan fingerprint density at radius 3 is 2.55 bits per heavy atom.